The van der Waals surface area contributed by atoms with Gasteiger partial charge in [-0.1, -0.05) is 42.5 Å². The Morgan fingerprint density at radius 2 is 1.86 bits per heavy atom. The van der Waals surface area contributed by atoms with Crippen LogP contribution in [-0.4, -0.2) is 20.6 Å². The Labute approximate surface area is 126 Å². The largest absolute Gasteiger partial charge is 0.371 e. The van der Waals surface area contributed by atoms with E-state index in [2.05, 4.69) is 41.4 Å². The second kappa shape index (κ2) is 6.43. The van der Waals surface area contributed by atoms with Crippen LogP contribution in [0.25, 0.3) is 0 Å². The summed E-state index contributed by atoms with van der Waals surface area (Å²) in [5.41, 5.74) is 2.58. The van der Waals surface area contributed by atoms with Gasteiger partial charge in [0.05, 0.1) is 12.6 Å². The molecule has 3 nitrogen and oxygen atoms in total. The Bertz CT molecular complexity index is 630. The average Bonchev–Trinajstić information content (AvgIpc) is 2.53. The van der Waals surface area contributed by atoms with E-state index in [0.29, 0.717) is 6.54 Å². The minimum atomic E-state index is -0.722. The van der Waals surface area contributed by atoms with Crippen LogP contribution in [0.3, 0.4) is 0 Å². The highest BCUT2D eigenvalue weighted by Crippen LogP contribution is 2.24. The van der Waals surface area contributed by atoms with Gasteiger partial charge in [0.25, 0.3) is 0 Å². The van der Waals surface area contributed by atoms with Gasteiger partial charge in [-0.05, 0) is 37.2 Å². The molecule has 0 aliphatic heterocycles. The van der Waals surface area contributed by atoms with Crippen LogP contribution in [0.15, 0.2) is 54.6 Å². The van der Waals surface area contributed by atoms with Crippen molar-refractivity contribution in [1.29, 1.82) is 5.26 Å². The molecule has 2 aromatic rings. The van der Waals surface area contributed by atoms with Crippen molar-refractivity contribution >= 4 is 5.69 Å². The topological polar surface area (TPSA) is 39.1 Å². The zero-order valence-electron chi connectivity index (χ0n) is 12.8. The Morgan fingerprint density at radius 3 is 2.43 bits per heavy atom. The third-order valence-corrected chi connectivity index (χ3v) is 3.80. The summed E-state index contributed by atoms with van der Waals surface area (Å²) in [6.45, 7) is 2.65. The molecule has 0 aromatic heterocycles. The number of hydrogen-bond acceptors (Lipinski definition) is 3. The zero-order chi connectivity index (χ0) is 15.3. The Balaban J connectivity index is 2.31. The molecule has 3 heteroatoms. The van der Waals surface area contributed by atoms with Gasteiger partial charge in [0, 0.05) is 12.7 Å². The van der Waals surface area contributed by atoms with E-state index in [1.807, 2.05) is 50.5 Å². The third kappa shape index (κ3) is 3.24. The number of nitrogens with one attached hydrogen (secondary N) is 1. The summed E-state index contributed by atoms with van der Waals surface area (Å²) in [6, 6.07) is 20.6. The van der Waals surface area contributed by atoms with Crippen LogP contribution in [-0.2, 0) is 5.54 Å². The molecule has 1 atom stereocenters. The summed E-state index contributed by atoms with van der Waals surface area (Å²) in [5, 5.41) is 12.9. The third-order valence-electron chi connectivity index (χ3n) is 3.80. The van der Waals surface area contributed by atoms with Gasteiger partial charge in [-0.25, -0.2) is 0 Å². The lowest BCUT2D eigenvalue weighted by Crippen LogP contribution is -2.47. The number of aryl methyl sites for hydroxylation is 1. The van der Waals surface area contributed by atoms with Gasteiger partial charge in [-0.3, -0.25) is 5.32 Å². The predicted molar refractivity (Wildman–Crippen MR) is 87.2 cm³/mol. The molecular formula is C18H21N3. The summed E-state index contributed by atoms with van der Waals surface area (Å²) < 4.78 is 0. The van der Waals surface area contributed by atoms with Crippen LogP contribution in [0.1, 0.15) is 11.1 Å². The van der Waals surface area contributed by atoms with Gasteiger partial charge in [0.1, 0.15) is 5.54 Å². The van der Waals surface area contributed by atoms with Crippen LogP contribution in [0, 0.1) is 18.3 Å². The maximum atomic E-state index is 9.74. The molecule has 0 amide bonds. The van der Waals surface area contributed by atoms with E-state index in [0.717, 1.165) is 11.3 Å². The number of rotatable bonds is 5. The average molecular weight is 279 g/mol. The Hall–Kier alpha value is -2.31. The fourth-order valence-corrected chi connectivity index (χ4v) is 2.51. The maximum absolute atomic E-state index is 9.74. The highest BCUT2D eigenvalue weighted by atomic mass is 15.1. The number of nitrogens with zero attached hydrogens (tertiary/aromatic N) is 2. The monoisotopic (exact) mass is 279 g/mol. The Morgan fingerprint density at radius 1 is 1.14 bits per heavy atom. The number of benzene rings is 2. The van der Waals surface area contributed by atoms with Gasteiger partial charge in [0.15, 0.2) is 0 Å². The molecule has 2 rings (SSSR count). The fraction of sp³-hybridized carbons (Fsp3) is 0.278. The molecule has 0 heterocycles. The first kappa shape index (κ1) is 15.1. The van der Waals surface area contributed by atoms with Crippen LogP contribution in [0.4, 0.5) is 5.69 Å². The number of anilines is 1. The summed E-state index contributed by atoms with van der Waals surface area (Å²) in [6.07, 6.45) is 0. The molecule has 0 radical (unpaired) electrons. The highest BCUT2D eigenvalue weighted by Gasteiger charge is 2.32. The lowest BCUT2D eigenvalue weighted by Gasteiger charge is -2.32. The molecule has 0 spiro atoms. The fourth-order valence-electron chi connectivity index (χ4n) is 2.51. The summed E-state index contributed by atoms with van der Waals surface area (Å²) in [7, 11) is 3.85. The van der Waals surface area contributed by atoms with E-state index >= 15 is 0 Å². The van der Waals surface area contributed by atoms with E-state index in [9.17, 15) is 5.26 Å². The lowest BCUT2D eigenvalue weighted by molar-refractivity contribution is 0.470. The SMILES string of the molecule is CNC(C#N)(CN(C)c1cccc(C)c1)c1ccccc1. The van der Waals surface area contributed by atoms with Crippen molar-refractivity contribution in [2.24, 2.45) is 0 Å². The molecular weight excluding hydrogens is 258 g/mol. The lowest BCUT2D eigenvalue weighted by atomic mass is 9.90. The van der Waals surface area contributed by atoms with E-state index in [4.69, 9.17) is 0 Å². The van der Waals surface area contributed by atoms with Crippen molar-refractivity contribution in [3.63, 3.8) is 0 Å². The second-order valence-corrected chi connectivity index (χ2v) is 5.33. The van der Waals surface area contributed by atoms with Gasteiger partial charge < -0.3 is 4.90 Å². The normalized spacial score (nSPS) is 13.2. The van der Waals surface area contributed by atoms with Crippen molar-refractivity contribution in [3.05, 3.63) is 65.7 Å². The van der Waals surface area contributed by atoms with E-state index in [1.165, 1.54) is 5.56 Å². The molecule has 0 aliphatic rings. The number of nitriles is 1. The van der Waals surface area contributed by atoms with Crippen molar-refractivity contribution in [1.82, 2.24) is 5.32 Å². The minimum absolute atomic E-state index is 0.577. The van der Waals surface area contributed by atoms with Crippen molar-refractivity contribution < 1.29 is 0 Å². The second-order valence-electron chi connectivity index (χ2n) is 5.33. The van der Waals surface area contributed by atoms with Crippen LogP contribution in [0.2, 0.25) is 0 Å². The summed E-state index contributed by atoms with van der Waals surface area (Å²) in [5.74, 6) is 0. The molecule has 1 N–H and O–H groups in total. The number of hydrogen-bond donors (Lipinski definition) is 1. The Kier molecular flexibility index (Phi) is 4.62. The molecule has 2 aromatic carbocycles. The van der Waals surface area contributed by atoms with Crippen LogP contribution in [0.5, 0.6) is 0 Å². The van der Waals surface area contributed by atoms with Crippen molar-refractivity contribution in [2.75, 3.05) is 25.5 Å². The molecule has 108 valence electrons. The highest BCUT2D eigenvalue weighted by molar-refractivity contribution is 5.49. The summed E-state index contributed by atoms with van der Waals surface area (Å²) in [4.78, 5) is 2.11. The maximum Gasteiger partial charge on any atom is 0.149 e. The van der Waals surface area contributed by atoms with Crippen LogP contribution >= 0.6 is 0 Å². The molecule has 0 bridgehead atoms. The first-order chi connectivity index (χ1) is 10.1. The van der Waals surface area contributed by atoms with Gasteiger partial charge >= 0.3 is 0 Å². The smallest absolute Gasteiger partial charge is 0.149 e. The van der Waals surface area contributed by atoms with E-state index in [-0.39, 0.29) is 0 Å². The van der Waals surface area contributed by atoms with Crippen LogP contribution < -0.4 is 10.2 Å². The zero-order valence-corrected chi connectivity index (χ0v) is 12.8. The minimum Gasteiger partial charge on any atom is -0.371 e. The van der Waals surface area contributed by atoms with Gasteiger partial charge in [-0.15, -0.1) is 0 Å². The van der Waals surface area contributed by atoms with Crippen molar-refractivity contribution in [2.45, 2.75) is 12.5 Å². The predicted octanol–water partition coefficient (Wildman–Crippen LogP) is 3.07. The molecule has 0 aliphatic carbocycles. The standard InChI is InChI=1S/C18H21N3/c1-15-8-7-11-17(12-15)21(3)14-18(13-19,20-2)16-9-5-4-6-10-16/h4-12,20H,14H2,1-3H3. The van der Waals surface area contributed by atoms with Gasteiger partial charge in [-0.2, -0.15) is 5.26 Å². The summed E-state index contributed by atoms with van der Waals surface area (Å²) >= 11 is 0. The van der Waals surface area contributed by atoms with Crippen molar-refractivity contribution in [3.8, 4) is 6.07 Å². The molecule has 1 unspecified atom stereocenters. The first-order valence-corrected chi connectivity index (χ1v) is 7.05. The van der Waals surface area contributed by atoms with Gasteiger partial charge in [0.2, 0.25) is 0 Å². The molecule has 0 saturated heterocycles. The quantitative estimate of drug-likeness (QED) is 0.914. The number of likely N-dealkylation sites (N-methyl/N-ethyl adjacent to an activating group) is 2. The van der Waals surface area contributed by atoms with E-state index in [1.54, 1.807) is 0 Å². The molecule has 0 saturated carbocycles. The molecule has 0 fully saturated rings. The molecule has 21 heavy (non-hydrogen) atoms. The van der Waals surface area contributed by atoms with E-state index < -0.39 is 5.54 Å². The first-order valence-electron chi connectivity index (χ1n) is 7.05.